The molecule has 176 valence electrons. The highest BCUT2D eigenvalue weighted by Crippen LogP contribution is 2.34. The lowest BCUT2D eigenvalue weighted by Crippen LogP contribution is -2.51. The van der Waals surface area contributed by atoms with Gasteiger partial charge in [0.15, 0.2) is 0 Å². The number of nitrogens with one attached hydrogen (secondary N) is 1. The number of halogens is 2. The molecule has 7 nitrogen and oxygen atoms in total. The number of pyridine rings is 1. The number of carbonyl (C=O) groups is 1. The first-order valence-corrected chi connectivity index (χ1v) is 12.4. The van der Waals surface area contributed by atoms with Crippen molar-refractivity contribution < 1.29 is 23.1 Å². The number of fused-ring (bicyclic) bond motifs is 1. The highest BCUT2D eigenvalue weighted by molar-refractivity contribution is 7.89. The average molecular weight is 511 g/mol. The average Bonchev–Trinajstić information content (AvgIpc) is 2.73. The molecule has 0 saturated carbocycles. The van der Waals surface area contributed by atoms with Gasteiger partial charge in [-0.2, -0.15) is 4.72 Å². The third kappa shape index (κ3) is 5.09. The summed E-state index contributed by atoms with van der Waals surface area (Å²) < 4.78 is 34.1. The van der Waals surface area contributed by atoms with Gasteiger partial charge >= 0.3 is 5.97 Å². The quantitative estimate of drug-likeness (QED) is 0.427. The minimum atomic E-state index is -4.26. The number of hydrogen-bond acceptors (Lipinski definition) is 5. The van der Waals surface area contributed by atoms with Crippen LogP contribution >= 0.6 is 23.2 Å². The highest BCUT2D eigenvalue weighted by Gasteiger charge is 2.37. The van der Waals surface area contributed by atoms with Crippen molar-refractivity contribution in [3.63, 3.8) is 0 Å². The van der Waals surface area contributed by atoms with E-state index >= 15 is 0 Å². The number of sulfonamides is 1. The number of hydrogen-bond donors (Lipinski definition) is 2. The summed E-state index contributed by atoms with van der Waals surface area (Å²) in [6.45, 7) is 6.62. The van der Waals surface area contributed by atoms with Gasteiger partial charge in [0.25, 0.3) is 0 Å². The Morgan fingerprint density at radius 1 is 1.21 bits per heavy atom. The molecule has 0 amide bonds. The van der Waals surface area contributed by atoms with Gasteiger partial charge in [-0.3, -0.25) is 4.79 Å². The van der Waals surface area contributed by atoms with E-state index in [0.717, 1.165) is 16.6 Å². The van der Waals surface area contributed by atoms with Crippen molar-refractivity contribution in [1.29, 1.82) is 0 Å². The van der Waals surface area contributed by atoms with Gasteiger partial charge in [0.05, 0.1) is 5.02 Å². The summed E-state index contributed by atoms with van der Waals surface area (Å²) in [7, 11) is -4.26. The molecule has 1 heterocycles. The minimum Gasteiger partial charge on any atom is -0.487 e. The number of aryl methyl sites for hydroxylation is 2. The van der Waals surface area contributed by atoms with Crippen molar-refractivity contribution in [3.8, 4) is 5.75 Å². The summed E-state index contributed by atoms with van der Waals surface area (Å²) in [5, 5.41) is 10.5. The molecule has 0 saturated heterocycles. The number of carboxylic acid groups (broad SMARTS) is 1. The predicted octanol–water partition coefficient (Wildman–Crippen LogP) is 5.27. The van der Waals surface area contributed by atoms with Crippen LogP contribution in [0.3, 0.4) is 0 Å². The molecule has 0 radical (unpaired) electrons. The largest absolute Gasteiger partial charge is 0.487 e. The van der Waals surface area contributed by atoms with Crippen molar-refractivity contribution in [2.24, 2.45) is 0 Å². The SMILES string of the molecule is CC[C@@](C)(NS(=O)(=O)c1ccc(Cl)c(COc2cccc3c(C)cc(C)nc23)c1Cl)C(=O)O. The molecule has 3 aromatic rings. The molecule has 3 rings (SSSR count). The van der Waals surface area contributed by atoms with Gasteiger partial charge < -0.3 is 9.84 Å². The summed E-state index contributed by atoms with van der Waals surface area (Å²) in [6, 6.07) is 10.1. The van der Waals surface area contributed by atoms with Crippen LogP contribution in [0.5, 0.6) is 5.75 Å². The molecule has 0 aliphatic rings. The zero-order chi connectivity index (χ0) is 24.6. The molecular formula is C23H24Cl2N2O5S. The Morgan fingerprint density at radius 2 is 1.91 bits per heavy atom. The molecule has 0 aliphatic heterocycles. The monoisotopic (exact) mass is 510 g/mol. The molecular weight excluding hydrogens is 487 g/mol. The predicted molar refractivity (Wildman–Crippen MR) is 129 cm³/mol. The van der Waals surface area contributed by atoms with Gasteiger partial charge in [0.1, 0.15) is 28.3 Å². The van der Waals surface area contributed by atoms with Crippen molar-refractivity contribution in [1.82, 2.24) is 9.71 Å². The maximum Gasteiger partial charge on any atom is 0.324 e. The van der Waals surface area contributed by atoms with Crippen molar-refractivity contribution in [3.05, 3.63) is 63.3 Å². The zero-order valence-corrected chi connectivity index (χ0v) is 20.9. The van der Waals surface area contributed by atoms with Gasteiger partial charge in [0.2, 0.25) is 10.0 Å². The van der Waals surface area contributed by atoms with Crippen LogP contribution in [0.1, 0.15) is 37.1 Å². The van der Waals surface area contributed by atoms with E-state index in [2.05, 4.69) is 9.71 Å². The number of nitrogens with zero attached hydrogens (tertiary/aromatic N) is 1. The first-order valence-electron chi connectivity index (χ1n) is 10.1. The van der Waals surface area contributed by atoms with Crippen molar-refractivity contribution >= 4 is 50.1 Å². The summed E-state index contributed by atoms with van der Waals surface area (Å²) in [4.78, 5) is 15.9. The topological polar surface area (TPSA) is 106 Å². The summed E-state index contributed by atoms with van der Waals surface area (Å²) in [6.07, 6.45) is 0.0374. The van der Waals surface area contributed by atoms with Crippen LogP contribution in [-0.4, -0.2) is 30.0 Å². The lowest BCUT2D eigenvalue weighted by molar-refractivity contribution is -0.143. The van der Waals surface area contributed by atoms with Crippen LogP contribution in [0.4, 0.5) is 0 Å². The van der Waals surface area contributed by atoms with E-state index in [9.17, 15) is 18.3 Å². The second-order valence-corrected chi connectivity index (χ2v) is 10.4. The fraction of sp³-hybridized carbons (Fsp3) is 0.304. The second-order valence-electron chi connectivity index (χ2n) is 7.96. The van der Waals surface area contributed by atoms with Crippen LogP contribution in [0.2, 0.25) is 10.0 Å². The fourth-order valence-electron chi connectivity index (χ4n) is 3.36. The number of carboxylic acids is 1. The summed E-state index contributed by atoms with van der Waals surface area (Å²) in [5.74, 6) is -0.793. The molecule has 1 atom stereocenters. The molecule has 2 N–H and O–H groups in total. The summed E-state index contributed by atoms with van der Waals surface area (Å²) in [5.41, 5.74) is 1.13. The molecule has 33 heavy (non-hydrogen) atoms. The number of ether oxygens (including phenoxy) is 1. The van der Waals surface area contributed by atoms with Crippen LogP contribution in [0.25, 0.3) is 10.9 Å². The highest BCUT2D eigenvalue weighted by atomic mass is 35.5. The molecule has 0 fully saturated rings. The Balaban J connectivity index is 1.98. The van der Waals surface area contributed by atoms with E-state index in [1.807, 2.05) is 32.0 Å². The lowest BCUT2D eigenvalue weighted by Gasteiger charge is -2.25. The van der Waals surface area contributed by atoms with E-state index in [-0.39, 0.29) is 33.5 Å². The van der Waals surface area contributed by atoms with Gasteiger partial charge in [-0.05, 0) is 57.0 Å². The Hall–Kier alpha value is -2.39. The van der Waals surface area contributed by atoms with Crippen molar-refractivity contribution in [2.45, 2.75) is 51.2 Å². The van der Waals surface area contributed by atoms with Gasteiger partial charge in [0, 0.05) is 21.7 Å². The van der Waals surface area contributed by atoms with Crippen LogP contribution in [0.15, 0.2) is 41.3 Å². The Morgan fingerprint density at radius 3 is 2.55 bits per heavy atom. The molecule has 0 unspecified atom stereocenters. The molecule has 0 spiro atoms. The number of aromatic nitrogens is 1. The Kier molecular flexibility index (Phi) is 7.24. The van der Waals surface area contributed by atoms with E-state index in [1.54, 1.807) is 13.0 Å². The first kappa shape index (κ1) is 25.2. The van der Waals surface area contributed by atoms with Gasteiger partial charge in [-0.15, -0.1) is 0 Å². The fourth-order valence-corrected chi connectivity index (χ4v) is 5.68. The van der Waals surface area contributed by atoms with Gasteiger partial charge in [-0.1, -0.05) is 42.3 Å². The van der Waals surface area contributed by atoms with Crippen LogP contribution < -0.4 is 9.46 Å². The third-order valence-electron chi connectivity index (χ3n) is 5.49. The number of benzene rings is 2. The van der Waals surface area contributed by atoms with E-state index in [4.69, 9.17) is 27.9 Å². The van der Waals surface area contributed by atoms with Gasteiger partial charge in [-0.25, -0.2) is 13.4 Å². The maximum absolute atomic E-state index is 13.0. The van der Waals surface area contributed by atoms with Crippen LogP contribution in [-0.2, 0) is 21.4 Å². The minimum absolute atomic E-state index is 0.0374. The molecule has 0 bridgehead atoms. The second kappa shape index (κ2) is 9.46. The number of rotatable bonds is 8. The third-order valence-corrected chi connectivity index (χ3v) is 8.02. The standard InChI is InChI=1S/C23H24Cl2N2O5S/c1-5-23(4,22(28)29)27-33(30,31)19-10-9-17(24)16(20(19)25)12-32-18-8-6-7-15-13(2)11-14(3)26-21(15)18/h6-11,27H,5,12H2,1-4H3,(H,28,29)/t23-/m1/s1. The zero-order valence-electron chi connectivity index (χ0n) is 18.6. The smallest absolute Gasteiger partial charge is 0.324 e. The molecule has 2 aromatic carbocycles. The summed E-state index contributed by atoms with van der Waals surface area (Å²) >= 11 is 12.7. The normalized spacial score (nSPS) is 13.6. The van der Waals surface area contributed by atoms with E-state index in [1.165, 1.54) is 19.1 Å². The lowest BCUT2D eigenvalue weighted by atomic mass is 10.0. The number of aliphatic carboxylic acids is 1. The van der Waals surface area contributed by atoms with Crippen molar-refractivity contribution in [2.75, 3.05) is 0 Å². The first-order chi connectivity index (χ1) is 15.4. The molecule has 0 aliphatic carbocycles. The Labute approximate surface area is 202 Å². The Bertz CT molecular complexity index is 1340. The molecule has 1 aromatic heterocycles. The van der Waals surface area contributed by atoms with E-state index in [0.29, 0.717) is 11.3 Å². The van der Waals surface area contributed by atoms with E-state index < -0.39 is 21.5 Å². The maximum atomic E-state index is 13.0. The molecule has 10 heteroatoms. The van der Waals surface area contributed by atoms with Crippen LogP contribution in [0, 0.1) is 13.8 Å². The number of para-hydroxylation sites is 1.